The summed E-state index contributed by atoms with van der Waals surface area (Å²) in [7, 11) is -3.32. The van der Waals surface area contributed by atoms with Gasteiger partial charge in [0.15, 0.2) is 0 Å². The second kappa shape index (κ2) is 7.21. The minimum absolute atomic E-state index is 0.0227. The molecule has 0 aromatic carbocycles. The second-order valence-electron chi connectivity index (χ2n) is 4.65. The Morgan fingerprint density at radius 1 is 1.06 bits per heavy atom. The number of rotatable bonds is 8. The number of hydrogen-bond acceptors (Lipinski definition) is 4. The highest BCUT2D eigenvalue weighted by Crippen LogP contribution is 2.05. The van der Waals surface area contributed by atoms with Crippen LogP contribution in [0.5, 0.6) is 0 Å². The highest BCUT2D eigenvalue weighted by Gasteiger charge is 2.08. The maximum absolute atomic E-state index is 10.6. The molecule has 0 radical (unpaired) electrons. The van der Waals surface area contributed by atoms with Crippen molar-refractivity contribution < 1.29 is 17.9 Å². The molecule has 0 atom stereocenters. The normalized spacial score (nSPS) is 13.0. The van der Waals surface area contributed by atoms with Gasteiger partial charge in [0.05, 0.1) is 24.6 Å². The molecule has 0 unspecified atom stereocenters. The van der Waals surface area contributed by atoms with Crippen molar-refractivity contribution in [3.05, 3.63) is 0 Å². The molecule has 0 saturated heterocycles. The van der Waals surface area contributed by atoms with Gasteiger partial charge in [-0.1, -0.05) is 0 Å². The van der Waals surface area contributed by atoms with E-state index in [1.807, 2.05) is 20.8 Å². The Hall–Kier alpha value is -0.170. The zero-order valence-corrected chi connectivity index (χ0v) is 11.2. The monoisotopic (exact) mass is 253 g/mol. The Balaban J connectivity index is 3.23. The SMILES string of the molecule is CC(C)(C)OCCOCCCCS(N)(=O)=O. The van der Waals surface area contributed by atoms with E-state index < -0.39 is 10.0 Å². The first-order chi connectivity index (χ1) is 7.21. The van der Waals surface area contributed by atoms with Crippen molar-refractivity contribution >= 4 is 10.0 Å². The van der Waals surface area contributed by atoms with Gasteiger partial charge in [-0.3, -0.25) is 0 Å². The maximum Gasteiger partial charge on any atom is 0.209 e. The minimum Gasteiger partial charge on any atom is -0.379 e. The number of nitrogens with two attached hydrogens (primary N) is 1. The van der Waals surface area contributed by atoms with E-state index in [1.54, 1.807) is 0 Å². The maximum atomic E-state index is 10.6. The zero-order valence-electron chi connectivity index (χ0n) is 10.4. The molecule has 0 heterocycles. The number of hydrogen-bond donors (Lipinski definition) is 1. The summed E-state index contributed by atoms with van der Waals surface area (Å²) >= 11 is 0. The third kappa shape index (κ3) is 13.8. The van der Waals surface area contributed by atoms with Crippen LogP contribution in [0.3, 0.4) is 0 Å². The molecule has 5 nitrogen and oxygen atoms in total. The molecular weight excluding hydrogens is 230 g/mol. The molecule has 0 bridgehead atoms. The molecule has 0 rings (SSSR count). The van der Waals surface area contributed by atoms with Gasteiger partial charge in [0.1, 0.15) is 0 Å². The molecule has 98 valence electrons. The van der Waals surface area contributed by atoms with Crippen LogP contribution < -0.4 is 5.14 Å². The fourth-order valence-corrected chi connectivity index (χ4v) is 1.62. The molecule has 0 fully saturated rings. The molecule has 0 spiro atoms. The van der Waals surface area contributed by atoms with Gasteiger partial charge in [0, 0.05) is 6.61 Å². The number of sulfonamides is 1. The molecule has 0 aliphatic heterocycles. The van der Waals surface area contributed by atoms with Gasteiger partial charge in [-0.05, 0) is 33.6 Å². The average molecular weight is 253 g/mol. The van der Waals surface area contributed by atoms with E-state index in [2.05, 4.69) is 0 Å². The minimum atomic E-state index is -3.32. The topological polar surface area (TPSA) is 78.6 Å². The van der Waals surface area contributed by atoms with Crippen molar-refractivity contribution in [3.63, 3.8) is 0 Å². The summed E-state index contributed by atoms with van der Waals surface area (Å²) in [6.07, 6.45) is 1.24. The molecule has 0 aliphatic rings. The van der Waals surface area contributed by atoms with Crippen LogP contribution in [0, 0.1) is 0 Å². The van der Waals surface area contributed by atoms with E-state index in [-0.39, 0.29) is 11.4 Å². The summed E-state index contributed by atoms with van der Waals surface area (Å²) in [4.78, 5) is 0. The van der Waals surface area contributed by atoms with E-state index in [4.69, 9.17) is 14.6 Å². The Bertz CT molecular complexity index is 269. The van der Waals surface area contributed by atoms with E-state index in [9.17, 15) is 8.42 Å². The van der Waals surface area contributed by atoms with Crippen LogP contribution in [0.4, 0.5) is 0 Å². The Kier molecular flexibility index (Phi) is 7.14. The standard InChI is InChI=1S/C10H23NO4S/c1-10(2,3)15-8-7-14-6-4-5-9-16(11,12)13/h4-9H2,1-3H3,(H2,11,12,13). The molecule has 0 aliphatic carbocycles. The molecule has 6 heteroatoms. The zero-order chi connectivity index (χ0) is 12.7. The molecule has 0 aromatic heterocycles. The first kappa shape index (κ1) is 15.8. The van der Waals surface area contributed by atoms with Gasteiger partial charge in [-0.15, -0.1) is 0 Å². The van der Waals surface area contributed by atoms with Gasteiger partial charge in [-0.2, -0.15) is 0 Å². The van der Waals surface area contributed by atoms with E-state index in [1.165, 1.54) is 0 Å². The third-order valence-electron chi connectivity index (χ3n) is 1.73. The van der Waals surface area contributed by atoms with Crippen molar-refractivity contribution in [1.29, 1.82) is 0 Å². The number of primary sulfonamides is 1. The quantitative estimate of drug-likeness (QED) is 0.651. The molecule has 0 saturated carbocycles. The predicted octanol–water partition coefficient (Wildman–Crippen LogP) is 0.887. The van der Waals surface area contributed by atoms with Crippen molar-refractivity contribution in [2.24, 2.45) is 5.14 Å². The van der Waals surface area contributed by atoms with Crippen LogP contribution >= 0.6 is 0 Å². The van der Waals surface area contributed by atoms with Crippen molar-refractivity contribution in [3.8, 4) is 0 Å². The predicted molar refractivity (Wildman–Crippen MR) is 63.7 cm³/mol. The summed E-state index contributed by atoms with van der Waals surface area (Å²) in [5, 5.41) is 4.86. The second-order valence-corrected chi connectivity index (χ2v) is 6.38. The van der Waals surface area contributed by atoms with Gasteiger partial charge in [-0.25, -0.2) is 13.6 Å². The van der Waals surface area contributed by atoms with Gasteiger partial charge < -0.3 is 9.47 Å². The van der Waals surface area contributed by atoms with Crippen molar-refractivity contribution in [2.45, 2.75) is 39.2 Å². The fourth-order valence-electron chi connectivity index (χ4n) is 1.02. The molecule has 0 aromatic rings. The van der Waals surface area contributed by atoms with Crippen LogP contribution in [-0.4, -0.2) is 39.6 Å². The first-order valence-electron chi connectivity index (χ1n) is 5.43. The Labute approximate surface area is 98.4 Å². The van der Waals surface area contributed by atoms with Crippen molar-refractivity contribution in [1.82, 2.24) is 0 Å². The van der Waals surface area contributed by atoms with Gasteiger partial charge >= 0.3 is 0 Å². The fraction of sp³-hybridized carbons (Fsp3) is 1.00. The Morgan fingerprint density at radius 2 is 1.69 bits per heavy atom. The van der Waals surface area contributed by atoms with Crippen LogP contribution in [-0.2, 0) is 19.5 Å². The summed E-state index contributed by atoms with van der Waals surface area (Å²) < 4.78 is 31.9. The van der Waals surface area contributed by atoms with Gasteiger partial charge in [0.25, 0.3) is 0 Å². The lowest BCUT2D eigenvalue weighted by Gasteiger charge is -2.19. The van der Waals surface area contributed by atoms with Crippen molar-refractivity contribution in [2.75, 3.05) is 25.6 Å². The molecular formula is C10H23NO4S. The molecule has 0 amide bonds. The number of ether oxygens (including phenoxy) is 2. The summed E-state index contributed by atoms with van der Waals surface area (Å²) in [6, 6.07) is 0. The Morgan fingerprint density at radius 3 is 2.19 bits per heavy atom. The lowest BCUT2D eigenvalue weighted by molar-refractivity contribution is -0.0350. The largest absolute Gasteiger partial charge is 0.379 e. The highest BCUT2D eigenvalue weighted by atomic mass is 32.2. The van der Waals surface area contributed by atoms with E-state index in [0.717, 1.165) is 0 Å². The average Bonchev–Trinajstić information content (AvgIpc) is 2.06. The van der Waals surface area contributed by atoms with Crippen LogP contribution in [0.15, 0.2) is 0 Å². The third-order valence-corrected chi connectivity index (χ3v) is 2.59. The van der Waals surface area contributed by atoms with Gasteiger partial charge in [0.2, 0.25) is 10.0 Å². The summed E-state index contributed by atoms with van der Waals surface area (Å²) in [5.41, 5.74) is -0.142. The highest BCUT2D eigenvalue weighted by molar-refractivity contribution is 7.89. The van der Waals surface area contributed by atoms with Crippen LogP contribution in [0.25, 0.3) is 0 Å². The summed E-state index contributed by atoms with van der Waals surface area (Å²) in [6.45, 7) is 7.59. The molecule has 2 N–H and O–H groups in total. The lowest BCUT2D eigenvalue weighted by atomic mass is 10.2. The van der Waals surface area contributed by atoms with E-state index >= 15 is 0 Å². The lowest BCUT2D eigenvalue weighted by Crippen LogP contribution is -2.22. The first-order valence-corrected chi connectivity index (χ1v) is 7.14. The van der Waals surface area contributed by atoms with Crippen LogP contribution in [0.1, 0.15) is 33.6 Å². The smallest absolute Gasteiger partial charge is 0.209 e. The van der Waals surface area contributed by atoms with Crippen LogP contribution in [0.2, 0.25) is 0 Å². The molecule has 16 heavy (non-hydrogen) atoms. The summed E-state index contributed by atoms with van der Waals surface area (Å²) in [5.74, 6) is 0.0227. The number of unbranched alkanes of at least 4 members (excludes halogenated alkanes) is 1. The van der Waals surface area contributed by atoms with E-state index in [0.29, 0.717) is 32.7 Å².